The van der Waals surface area contributed by atoms with E-state index in [1.807, 2.05) is 0 Å². The highest BCUT2D eigenvalue weighted by Crippen LogP contribution is 2.47. The third kappa shape index (κ3) is 3.56. The van der Waals surface area contributed by atoms with Crippen molar-refractivity contribution in [1.82, 2.24) is 10.6 Å². The normalized spacial score (nSPS) is 18.9. The fourth-order valence-corrected chi connectivity index (χ4v) is 2.36. The molecule has 0 radical (unpaired) electrons. The zero-order valence-electron chi connectivity index (χ0n) is 11.9. The Morgan fingerprint density at radius 1 is 1.06 bits per heavy atom. The molecule has 2 nitrogen and oxygen atoms in total. The van der Waals surface area contributed by atoms with Gasteiger partial charge in [0.2, 0.25) is 0 Å². The van der Waals surface area contributed by atoms with Crippen molar-refractivity contribution >= 4 is 0 Å². The maximum atomic E-state index is 3.68. The molecule has 1 aromatic rings. The van der Waals surface area contributed by atoms with E-state index in [0.29, 0.717) is 17.5 Å². The quantitative estimate of drug-likeness (QED) is 0.773. The summed E-state index contributed by atoms with van der Waals surface area (Å²) < 4.78 is 0. The van der Waals surface area contributed by atoms with Gasteiger partial charge >= 0.3 is 0 Å². The second-order valence-electron chi connectivity index (χ2n) is 5.99. The van der Waals surface area contributed by atoms with Gasteiger partial charge in [0.25, 0.3) is 0 Å². The van der Waals surface area contributed by atoms with E-state index >= 15 is 0 Å². The molecule has 0 aromatic heterocycles. The maximum Gasteiger partial charge on any atom is 0.0164 e. The van der Waals surface area contributed by atoms with Gasteiger partial charge in [-0.05, 0) is 25.3 Å². The van der Waals surface area contributed by atoms with E-state index in [9.17, 15) is 0 Å². The molecule has 2 heteroatoms. The fourth-order valence-electron chi connectivity index (χ4n) is 2.36. The molecule has 1 atom stereocenters. The molecule has 0 saturated heterocycles. The van der Waals surface area contributed by atoms with Crippen LogP contribution < -0.4 is 10.6 Å². The lowest BCUT2D eigenvalue weighted by molar-refractivity contribution is 0.450. The van der Waals surface area contributed by atoms with Gasteiger partial charge in [-0.15, -0.1) is 0 Å². The maximum absolute atomic E-state index is 3.68. The first kappa shape index (κ1) is 13.6. The summed E-state index contributed by atoms with van der Waals surface area (Å²) in [6.45, 7) is 8.80. The lowest BCUT2D eigenvalue weighted by Crippen LogP contribution is -2.42. The van der Waals surface area contributed by atoms with Crippen molar-refractivity contribution < 1.29 is 0 Å². The standard InChI is InChI=1S/C16H26N2/c1-13(2)17-11-14(3)18-12-16(9-10-16)15-7-5-4-6-8-15/h4-8,13-14,17-18H,9-12H2,1-3H3. The molecule has 1 fully saturated rings. The Morgan fingerprint density at radius 3 is 2.28 bits per heavy atom. The van der Waals surface area contributed by atoms with Gasteiger partial charge in [0.15, 0.2) is 0 Å². The molecule has 0 aliphatic heterocycles. The molecule has 0 amide bonds. The first-order valence-electron chi connectivity index (χ1n) is 7.15. The van der Waals surface area contributed by atoms with E-state index < -0.39 is 0 Å². The van der Waals surface area contributed by atoms with Crippen molar-refractivity contribution in [2.45, 2.75) is 51.1 Å². The van der Waals surface area contributed by atoms with E-state index in [2.05, 4.69) is 61.7 Å². The van der Waals surface area contributed by atoms with Crippen LogP contribution in [0, 0.1) is 0 Å². The molecule has 0 heterocycles. The topological polar surface area (TPSA) is 24.1 Å². The summed E-state index contributed by atoms with van der Waals surface area (Å²) in [6.07, 6.45) is 2.66. The summed E-state index contributed by atoms with van der Waals surface area (Å²) in [5.74, 6) is 0. The number of hydrogen-bond donors (Lipinski definition) is 2. The van der Waals surface area contributed by atoms with Gasteiger partial charge in [-0.3, -0.25) is 0 Å². The predicted octanol–water partition coefficient (Wildman–Crippen LogP) is 2.69. The largest absolute Gasteiger partial charge is 0.313 e. The van der Waals surface area contributed by atoms with Crippen LogP contribution in [0.1, 0.15) is 39.2 Å². The molecule has 1 unspecified atom stereocenters. The van der Waals surface area contributed by atoms with Gasteiger partial charge < -0.3 is 10.6 Å². The Labute approximate surface area is 111 Å². The van der Waals surface area contributed by atoms with E-state index in [1.165, 1.54) is 18.4 Å². The van der Waals surface area contributed by atoms with Gasteiger partial charge in [0.05, 0.1) is 0 Å². The smallest absolute Gasteiger partial charge is 0.0164 e. The van der Waals surface area contributed by atoms with Crippen molar-refractivity contribution in [1.29, 1.82) is 0 Å². The highest BCUT2D eigenvalue weighted by molar-refractivity contribution is 5.31. The Bertz CT molecular complexity index is 355. The van der Waals surface area contributed by atoms with Crippen LogP contribution in [0.25, 0.3) is 0 Å². The molecular weight excluding hydrogens is 220 g/mol. The Hall–Kier alpha value is -0.860. The van der Waals surface area contributed by atoms with Crippen LogP contribution in [0.15, 0.2) is 30.3 Å². The van der Waals surface area contributed by atoms with Crippen LogP contribution in [0.5, 0.6) is 0 Å². The van der Waals surface area contributed by atoms with Gasteiger partial charge in [0.1, 0.15) is 0 Å². The Balaban J connectivity index is 1.80. The summed E-state index contributed by atoms with van der Waals surface area (Å²) in [7, 11) is 0. The fraction of sp³-hybridized carbons (Fsp3) is 0.625. The zero-order chi connectivity index (χ0) is 13.0. The highest BCUT2D eigenvalue weighted by Gasteiger charge is 2.43. The molecule has 2 rings (SSSR count). The SMILES string of the molecule is CC(C)NCC(C)NCC1(c2ccccc2)CC1. The first-order chi connectivity index (χ1) is 8.62. The molecule has 0 spiro atoms. The minimum absolute atomic E-state index is 0.424. The van der Waals surface area contributed by atoms with Crippen LogP contribution in [-0.4, -0.2) is 25.2 Å². The predicted molar refractivity (Wildman–Crippen MR) is 78.0 cm³/mol. The monoisotopic (exact) mass is 246 g/mol. The summed E-state index contributed by atoms with van der Waals surface area (Å²) in [5.41, 5.74) is 1.93. The Kier molecular flexibility index (Phi) is 4.41. The third-order valence-electron chi connectivity index (χ3n) is 3.86. The summed E-state index contributed by atoms with van der Waals surface area (Å²) >= 11 is 0. The van der Waals surface area contributed by atoms with Crippen LogP contribution in [-0.2, 0) is 5.41 Å². The lowest BCUT2D eigenvalue weighted by atomic mass is 9.96. The van der Waals surface area contributed by atoms with Crippen molar-refractivity contribution in [2.24, 2.45) is 0 Å². The van der Waals surface area contributed by atoms with Crippen molar-refractivity contribution in [3.63, 3.8) is 0 Å². The number of nitrogens with one attached hydrogen (secondary N) is 2. The van der Waals surface area contributed by atoms with Crippen molar-refractivity contribution in [3.05, 3.63) is 35.9 Å². The first-order valence-corrected chi connectivity index (χ1v) is 7.15. The van der Waals surface area contributed by atoms with Gasteiger partial charge in [-0.25, -0.2) is 0 Å². The molecule has 0 bridgehead atoms. The van der Waals surface area contributed by atoms with Crippen LogP contribution in [0.4, 0.5) is 0 Å². The molecule has 1 saturated carbocycles. The van der Waals surface area contributed by atoms with E-state index in [4.69, 9.17) is 0 Å². The van der Waals surface area contributed by atoms with E-state index in [-0.39, 0.29) is 0 Å². The minimum Gasteiger partial charge on any atom is -0.313 e. The number of rotatable bonds is 7. The number of hydrogen-bond acceptors (Lipinski definition) is 2. The second kappa shape index (κ2) is 5.85. The van der Waals surface area contributed by atoms with Crippen molar-refractivity contribution in [2.75, 3.05) is 13.1 Å². The molecular formula is C16H26N2. The Morgan fingerprint density at radius 2 is 1.72 bits per heavy atom. The summed E-state index contributed by atoms with van der Waals surface area (Å²) in [5, 5.41) is 7.16. The second-order valence-corrected chi connectivity index (χ2v) is 5.99. The number of benzene rings is 1. The van der Waals surface area contributed by atoms with Crippen LogP contribution in [0.2, 0.25) is 0 Å². The average Bonchev–Trinajstić information content (AvgIpc) is 3.16. The van der Waals surface area contributed by atoms with Crippen LogP contribution >= 0.6 is 0 Å². The zero-order valence-corrected chi connectivity index (χ0v) is 11.9. The molecule has 18 heavy (non-hydrogen) atoms. The van der Waals surface area contributed by atoms with E-state index in [0.717, 1.165) is 13.1 Å². The average molecular weight is 246 g/mol. The minimum atomic E-state index is 0.424. The molecule has 1 aliphatic carbocycles. The van der Waals surface area contributed by atoms with Crippen molar-refractivity contribution in [3.8, 4) is 0 Å². The van der Waals surface area contributed by atoms with Crippen LogP contribution in [0.3, 0.4) is 0 Å². The molecule has 100 valence electrons. The summed E-state index contributed by atoms with van der Waals surface area (Å²) in [6, 6.07) is 12.0. The molecule has 1 aliphatic rings. The summed E-state index contributed by atoms with van der Waals surface area (Å²) in [4.78, 5) is 0. The van der Waals surface area contributed by atoms with Gasteiger partial charge in [0, 0.05) is 30.6 Å². The highest BCUT2D eigenvalue weighted by atomic mass is 15.0. The van der Waals surface area contributed by atoms with Gasteiger partial charge in [-0.2, -0.15) is 0 Å². The molecule has 1 aromatic carbocycles. The van der Waals surface area contributed by atoms with Gasteiger partial charge in [-0.1, -0.05) is 44.2 Å². The third-order valence-corrected chi connectivity index (χ3v) is 3.86. The lowest BCUT2D eigenvalue weighted by Gasteiger charge is -2.21. The molecule has 2 N–H and O–H groups in total. The van der Waals surface area contributed by atoms with E-state index in [1.54, 1.807) is 0 Å².